The second-order valence-electron chi connectivity index (χ2n) is 4.29. The molecule has 1 atom stereocenters. The first kappa shape index (κ1) is 13.2. The van der Waals surface area contributed by atoms with Gasteiger partial charge in [0.2, 0.25) is 5.91 Å². The minimum atomic E-state index is -0.900. The molecule has 1 N–H and O–H groups in total. The Kier molecular flexibility index (Phi) is 4.94. The topological polar surface area (TPSA) is 70.0 Å². The number of nitriles is 1. The number of nitrogens with one attached hydrogen (secondary N) is 1. The third-order valence-corrected chi connectivity index (χ3v) is 3.81. The highest BCUT2D eigenvalue weighted by molar-refractivity contribution is 7.84. The van der Waals surface area contributed by atoms with Gasteiger partial charge in [0.15, 0.2) is 0 Å². The van der Waals surface area contributed by atoms with Gasteiger partial charge in [-0.1, -0.05) is 19.3 Å². The Morgan fingerprint density at radius 2 is 2.06 bits per heavy atom. The van der Waals surface area contributed by atoms with Crippen LogP contribution in [0, 0.1) is 16.7 Å². The third kappa shape index (κ3) is 3.31. The van der Waals surface area contributed by atoms with Crippen molar-refractivity contribution in [1.29, 1.82) is 5.26 Å². The lowest BCUT2D eigenvalue weighted by atomic mass is 9.74. The zero-order chi connectivity index (χ0) is 12.0. The number of amides is 1. The lowest BCUT2D eigenvalue weighted by molar-refractivity contribution is -0.129. The highest BCUT2D eigenvalue weighted by Crippen LogP contribution is 2.35. The molecule has 1 amide bonds. The Bertz CT molecular complexity index is 316. The molecule has 90 valence electrons. The first-order valence-corrected chi connectivity index (χ1v) is 7.33. The molecular formula is C11H18N2O2S. The van der Waals surface area contributed by atoms with Gasteiger partial charge in [-0.25, -0.2) is 0 Å². The summed E-state index contributed by atoms with van der Waals surface area (Å²) in [6.07, 6.45) is 5.92. The van der Waals surface area contributed by atoms with Crippen molar-refractivity contribution in [2.75, 3.05) is 18.6 Å². The molecule has 16 heavy (non-hydrogen) atoms. The van der Waals surface area contributed by atoms with Crippen LogP contribution in [0.3, 0.4) is 0 Å². The van der Waals surface area contributed by atoms with Crippen molar-refractivity contribution in [3.05, 3.63) is 0 Å². The van der Waals surface area contributed by atoms with Gasteiger partial charge in [-0.3, -0.25) is 9.00 Å². The number of hydrogen-bond acceptors (Lipinski definition) is 3. The maximum atomic E-state index is 11.9. The van der Waals surface area contributed by atoms with Crippen molar-refractivity contribution in [2.45, 2.75) is 32.1 Å². The molecule has 1 unspecified atom stereocenters. The molecule has 0 spiro atoms. The van der Waals surface area contributed by atoms with E-state index in [9.17, 15) is 9.00 Å². The van der Waals surface area contributed by atoms with Crippen LogP contribution in [0.4, 0.5) is 0 Å². The van der Waals surface area contributed by atoms with Gasteiger partial charge < -0.3 is 5.32 Å². The van der Waals surface area contributed by atoms with Crippen LogP contribution in [-0.4, -0.2) is 28.7 Å². The lowest BCUT2D eigenvalue weighted by Crippen LogP contribution is -2.42. The van der Waals surface area contributed by atoms with Crippen LogP contribution in [0.25, 0.3) is 0 Å². The summed E-state index contributed by atoms with van der Waals surface area (Å²) < 4.78 is 10.8. The summed E-state index contributed by atoms with van der Waals surface area (Å²) in [6, 6.07) is 2.17. The third-order valence-electron chi connectivity index (χ3n) is 3.03. The zero-order valence-electron chi connectivity index (χ0n) is 9.62. The second kappa shape index (κ2) is 6.00. The number of carbonyl (C=O) groups excluding carboxylic acids is 1. The van der Waals surface area contributed by atoms with Crippen LogP contribution in [-0.2, 0) is 15.6 Å². The van der Waals surface area contributed by atoms with E-state index in [-0.39, 0.29) is 5.91 Å². The van der Waals surface area contributed by atoms with Gasteiger partial charge in [-0.05, 0) is 12.8 Å². The molecule has 0 aromatic carbocycles. The van der Waals surface area contributed by atoms with Gasteiger partial charge >= 0.3 is 0 Å². The van der Waals surface area contributed by atoms with Crippen molar-refractivity contribution in [2.24, 2.45) is 5.41 Å². The van der Waals surface area contributed by atoms with E-state index in [1.54, 1.807) is 6.26 Å². The molecule has 0 aliphatic heterocycles. The van der Waals surface area contributed by atoms with E-state index in [4.69, 9.17) is 5.26 Å². The SMILES string of the molecule is CS(=O)CCNC(=O)C1(C#N)CCCCC1. The number of rotatable bonds is 4. The van der Waals surface area contributed by atoms with E-state index in [1.165, 1.54) is 0 Å². The zero-order valence-corrected chi connectivity index (χ0v) is 10.4. The van der Waals surface area contributed by atoms with Crippen molar-refractivity contribution >= 4 is 16.7 Å². The summed E-state index contributed by atoms with van der Waals surface area (Å²) in [5, 5.41) is 11.9. The van der Waals surface area contributed by atoms with E-state index in [2.05, 4.69) is 11.4 Å². The standard InChI is InChI=1S/C11H18N2O2S/c1-16(15)8-7-13-10(14)11(9-12)5-3-2-4-6-11/h2-8H2,1H3,(H,13,14). The molecule has 1 fully saturated rings. The Morgan fingerprint density at radius 1 is 1.44 bits per heavy atom. The van der Waals surface area contributed by atoms with Crippen LogP contribution in [0.1, 0.15) is 32.1 Å². The minimum Gasteiger partial charge on any atom is -0.354 e. The average molecular weight is 242 g/mol. The van der Waals surface area contributed by atoms with Crippen molar-refractivity contribution < 1.29 is 9.00 Å². The monoisotopic (exact) mass is 242 g/mol. The summed E-state index contributed by atoms with van der Waals surface area (Å²) in [6.45, 7) is 0.394. The van der Waals surface area contributed by atoms with Gasteiger partial charge in [0.25, 0.3) is 0 Å². The van der Waals surface area contributed by atoms with Crippen molar-refractivity contribution in [3.63, 3.8) is 0 Å². The molecule has 1 rings (SSSR count). The minimum absolute atomic E-state index is 0.180. The van der Waals surface area contributed by atoms with Crippen LogP contribution >= 0.6 is 0 Å². The summed E-state index contributed by atoms with van der Waals surface area (Å²) in [5.74, 6) is 0.271. The molecule has 1 aliphatic rings. The number of hydrogen-bond donors (Lipinski definition) is 1. The molecule has 0 bridgehead atoms. The van der Waals surface area contributed by atoms with E-state index in [1.807, 2.05) is 0 Å². The van der Waals surface area contributed by atoms with Crippen molar-refractivity contribution in [1.82, 2.24) is 5.32 Å². The fraction of sp³-hybridized carbons (Fsp3) is 0.818. The van der Waals surface area contributed by atoms with Gasteiger partial charge in [0.1, 0.15) is 5.41 Å². The molecule has 0 aromatic heterocycles. The maximum Gasteiger partial charge on any atom is 0.240 e. The predicted molar refractivity (Wildman–Crippen MR) is 63.1 cm³/mol. The molecule has 0 saturated heterocycles. The molecule has 5 heteroatoms. The molecule has 0 radical (unpaired) electrons. The summed E-state index contributed by atoms with van der Waals surface area (Å²) >= 11 is 0. The fourth-order valence-corrected chi connectivity index (χ4v) is 2.41. The molecule has 4 nitrogen and oxygen atoms in total. The summed E-state index contributed by atoms with van der Waals surface area (Å²) in [5.41, 5.74) is -0.826. The lowest BCUT2D eigenvalue weighted by Gasteiger charge is -2.29. The average Bonchev–Trinajstić information content (AvgIpc) is 2.29. The smallest absolute Gasteiger partial charge is 0.240 e. The number of nitrogens with zero attached hydrogens (tertiary/aromatic N) is 1. The van der Waals surface area contributed by atoms with E-state index in [0.717, 1.165) is 19.3 Å². The highest BCUT2D eigenvalue weighted by atomic mass is 32.2. The number of carbonyl (C=O) groups is 1. The fourth-order valence-electron chi connectivity index (χ4n) is 2.02. The quantitative estimate of drug-likeness (QED) is 0.798. The normalized spacial score (nSPS) is 20.8. The van der Waals surface area contributed by atoms with Gasteiger partial charge in [0, 0.05) is 29.4 Å². The van der Waals surface area contributed by atoms with Gasteiger partial charge in [0.05, 0.1) is 6.07 Å². The maximum absolute atomic E-state index is 11.9. The van der Waals surface area contributed by atoms with Gasteiger partial charge in [-0.15, -0.1) is 0 Å². The van der Waals surface area contributed by atoms with E-state index >= 15 is 0 Å². The van der Waals surface area contributed by atoms with E-state index < -0.39 is 16.2 Å². The van der Waals surface area contributed by atoms with E-state index in [0.29, 0.717) is 25.1 Å². The van der Waals surface area contributed by atoms with Crippen LogP contribution in [0.15, 0.2) is 0 Å². The molecule has 1 aliphatic carbocycles. The largest absolute Gasteiger partial charge is 0.354 e. The molecule has 0 aromatic rings. The summed E-state index contributed by atoms with van der Waals surface area (Å²) in [7, 11) is -0.900. The summed E-state index contributed by atoms with van der Waals surface area (Å²) in [4.78, 5) is 11.9. The Morgan fingerprint density at radius 3 is 2.56 bits per heavy atom. The molecule has 1 saturated carbocycles. The first-order valence-electron chi connectivity index (χ1n) is 5.60. The highest BCUT2D eigenvalue weighted by Gasteiger charge is 2.39. The van der Waals surface area contributed by atoms with Crippen LogP contribution in [0.5, 0.6) is 0 Å². The Hall–Kier alpha value is -0.890. The van der Waals surface area contributed by atoms with Crippen molar-refractivity contribution in [3.8, 4) is 6.07 Å². The van der Waals surface area contributed by atoms with Crippen LogP contribution < -0.4 is 5.32 Å². The molecule has 0 heterocycles. The predicted octanol–water partition coefficient (Wildman–Crippen LogP) is 0.955. The Balaban J connectivity index is 2.49. The second-order valence-corrected chi connectivity index (χ2v) is 5.84. The van der Waals surface area contributed by atoms with Crippen LogP contribution in [0.2, 0.25) is 0 Å². The first-order chi connectivity index (χ1) is 7.60. The molecular weight excluding hydrogens is 224 g/mol. The Labute approximate surface area is 98.9 Å². The van der Waals surface area contributed by atoms with Gasteiger partial charge in [-0.2, -0.15) is 5.26 Å².